The van der Waals surface area contributed by atoms with Crippen LogP contribution in [0.2, 0.25) is 0 Å². The molecular formula is C6H12ClF3N2. The summed E-state index contributed by atoms with van der Waals surface area (Å²) in [6, 6.07) is 0. The lowest BCUT2D eigenvalue weighted by Crippen LogP contribution is -2.40. The fraction of sp³-hybridized carbons (Fsp3) is 1.00. The van der Waals surface area contributed by atoms with E-state index in [1.165, 1.54) is 0 Å². The smallest absolute Gasteiger partial charge is 0.315 e. The van der Waals surface area contributed by atoms with Crippen molar-refractivity contribution < 1.29 is 13.2 Å². The molecule has 0 atom stereocenters. The van der Waals surface area contributed by atoms with Gasteiger partial charge in [-0.2, -0.15) is 13.2 Å². The van der Waals surface area contributed by atoms with Gasteiger partial charge in [-0.05, 0) is 13.0 Å². The van der Waals surface area contributed by atoms with Crippen LogP contribution in [-0.2, 0) is 0 Å². The molecular weight excluding hydrogens is 193 g/mol. The van der Waals surface area contributed by atoms with Gasteiger partial charge in [0.05, 0.1) is 0 Å². The summed E-state index contributed by atoms with van der Waals surface area (Å²) in [6.07, 6.45) is -3.58. The highest BCUT2D eigenvalue weighted by Gasteiger charge is 2.36. The van der Waals surface area contributed by atoms with E-state index in [0.29, 0.717) is 24.4 Å². The van der Waals surface area contributed by atoms with E-state index in [-0.39, 0.29) is 25.5 Å². The quantitative estimate of drug-likeness (QED) is 0.597. The van der Waals surface area contributed by atoms with Gasteiger partial charge in [0.15, 0.2) is 0 Å². The molecule has 1 N–H and O–H groups in total. The first kappa shape index (κ1) is 12.0. The molecule has 2 nitrogen and oxygen atoms in total. The van der Waals surface area contributed by atoms with Gasteiger partial charge in [-0.1, -0.05) is 0 Å². The molecule has 0 unspecified atom stereocenters. The third-order valence-electron chi connectivity index (χ3n) is 1.70. The maximum atomic E-state index is 12.0. The van der Waals surface area contributed by atoms with Gasteiger partial charge in [0.25, 0.3) is 0 Å². The first-order valence-electron chi connectivity index (χ1n) is 3.63. The van der Waals surface area contributed by atoms with Crippen molar-refractivity contribution in [3.8, 4) is 0 Å². The van der Waals surface area contributed by atoms with E-state index in [4.69, 9.17) is 0 Å². The van der Waals surface area contributed by atoms with E-state index < -0.39 is 6.30 Å². The van der Waals surface area contributed by atoms with Gasteiger partial charge in [0, 0.05) is 19.6 Å². The second kappa shape index (κ2) is 4.89. The Morgan fingerprint density at radius 2 is 1.75 bits per heavy atom. The lowest BCUT2D eigenvalue weighted by atomic mass is 10.4. The predicted molar refractivity (Wildman–Crippen MR) is 42.4 cm³/mol. The van der Waals surface area contributed by atoms with E-state index in [0.717, 1.165) is 0 Å². The van der Waals surface area contributed by atoms with E-state index in [2.05, 4.69) is 5.32 Å². The minimum Gasteiger partial charge on any atom is -0.315 e. The molecule has 0 bridgehead atoms. The standard InChI is InChI=1S/C6H11F3N2.ClH/c7-6(8,9)11-4-1-2-10-3-5-11;/h10H,1-5H2;1H. The second-order valence-electron chi connectivity index (χ2n) is 2.56. The molecule has 6 heteroatoms. The molecule has 12 heavy (non-hydrogen) atoms. The van der Waals surface area contributed by atoms with Gasteiger partial charge >= 0.3 is 6.30 Å². The fourth-order valence-electron chi connectivity index (χ4n) is 1.10. The number of alkyl halides is 3. The summed E-state index contributed by atoms with van der Waals surface area (Å²) in [6.45, 7) is 1.31. The molecule has 1 aliphatic heterocycles. The molecule has 1 aliphatic rings. The van der Waals surface area contributed by atoms with Crippen LogP contribution >= 0.6 is 12.4 Å². The summed E-state index contributed by atoms with van der Waals surface area (Å²) >= 11 is 0. The Hall–Kier alpha value is -0.0000000000000000416. The van der Waals surface area contributed by atoms with Crippen LogP contribution in [0.15, 0.2) is 0 Å². The Balaban J connectivity index is 0.00000121. The molecule has 1 saturated heterocycles. The molecule has 74 valence electrons. The highest BCUT2D eigenvalue weighted by atomic mass is 35.5. The first-order chi connectivity index (χ1) is 5.11. The molecule has 1 rings (SSSR count). The minimum atomic E-state index is -4.15. The van der Waals surface area contributed by atoms with Gasteiger partial charge in [-0.3, -0.25) is 0 Å². The van der Waals surface area contributed by atoms with E-state index in [1.54, 1.807) is 0 Å². The van der Waals surface area contributed by atoms with Crippen molar-refractivity contribution in [3.05, 3.63) is 0 Å². The van der Waals surface area contributed by atoms with Crippen molar-refractivity contribution in [2.24, 2.45) is 0 Å². The van der Waals surface area contributed by atoms with Crippen LogP contribution in [0.5, 0.6) is 0 Å². The first-order valence-corrected chi connectivity index (χ1v) is 3.63. The lowest BCUT2D eigenvalue weighted by Gasteiger charge is -2.21. The predicted octanol–water partition coefficient (Wildman–Crippen LogP) is 1.22. The average Bonchev–Trinajstić information content (AvgIpc) is 2.10. The zero-order chi connectivity index (χ0) is 8.32. The molecule has 0 saturated carbocycles. The topological polar surface area (TPSA) is 15.3 Å². The second-order valence-corrected chi connectivity index (χ2v) is 2.56. The number of hydrogen-bond acceptors (Lipinski definition) is 2. The van der Waals surface area contributed by atoms with E-state index in [9.17, 15) is 13.2 Å². The van der Waals surface area contributed by atoms with Gasteiger partial charge in [0.1, 0.15) is 0 Å². The minimum absolute atomic E-state index is 0. The van der Waals surface area contributed by atoms with Crippen molar-refractivity contribution in [2.45, 2.75) is 12.7 Å². The number of hydrogen-bond donors (Lipinski definition) is 1. The molecule has 0 aliphatic carbocycles. The van der Waals surface area contributed by atoms with Crippen LogP contribution in [0.25, 0.3) is 0 Å². The third-order valence-corrected chi connectivity index (χ3v) is 1.70. The van der Waals surface area contributed by atoms with Gasteiger partial charge in [-0.15, -0.1) is 12.4 Å². The van der Waals surface area contributed by atoms with Crippen LogP contribution < -0.4 is 5.32 Å². The Bertz CT molecular complexity index is 120. The normalized spacial score (nSPS) is 21.2. The van der Waals surface area contributed by atoms with Crippen LogP contribution in [0, 0.1) is 0 Å². The molecule has 1 fully saturated rings. The summed E-state index contributed by atoms with van der Waals surface area (Å²) in [4.78, 5) is 0.549. The van der Waals surface area contributed by atoms with Crippen molar-refractivity contribution in [1.29, 1.82) is 0 Å². The lowest BCUT2D eigenvalue weighted by molar-refractivity contribution is -0.243. The number of halogens is 4. The maximum absolute atomic E-state index is 12.0. The monoisotopic (exact) mass is 204 g/mol. The maximum Gasteiger partial charge on any atom is 0.459 e. The van der Waals surface area contributed by atoms with Crippen LogP contribution in [0.3, 0.4) is 0 Å². The molecule has 0 radical (unpaired) electrons. The van der Waals surface area contributed by atoms with Crippen molar-refractivity contribution >= 4 is 12.4 Å². The van der Waals surface area contributed by atoms with E-state index in [1.807, 2.05) is 0 Å². The van der Waals surface area contributed by atoms with Crippen molar-refractivity contribution in [1.82, 2.24) is 10.2 Å². The van der Waals surface area contributed by atoms with E-state index >= 15 is 0 Å². The highest BCUT2D eigenvalue weighted by molar-refractivity contribution is 5.85. The van der Waals surface area contributed by atoms with Gasteiger partial charge in [0.2, 0.25) is 0 Å². The molecule has 0 amide bonds. The van der Waals surface area contributed by atoms with Crippen molar-refractivity contribution in [2.75, 3.05) is 26.2 Å². The molecule has 0 aromatic rings. The number of rotatable bonds is 0. The average molecular weight is 205 g/mol. The summed E-state index contributed by atoms with van der Waals surface area (Å²) in [5, 5.41) is 2.91. The molecule has 0 spiro atoms. The SMILES string of the molecule is Cl.FC(F)(F)N1CCCNCC1. The third kappa shape index (κ3) is 3.60. The summed E-state index contributed by atoms with van der Waals surface area (Å²) in [7, 11) is 0. The van der Waals surface area contributed by atoms with Crippen molar-refractivity contribution in [3.63, 3.8) is 0 Å². The Morgan fingerprint density at radius 1 is 1.08 bits per heavy atom. The Kier molecular flexibility index (Phi) is 4.89. The molecule has 0 aromatic carbocycles. The fourth-order valence-corrected chi connectivity index (χ4v) is 1.10. The highest BCUT2D eigenvalue weighted by Crippen LogP contribution is 2.21. The summed E-state index contributed by atoms with van der Waals surface area (Å²) in [5.41, 5.74) is 0. The largest absolute Gasteiger partial charge is 0.459 e. The van der Waals surface area contributed by atoms with Crippen LogP contribution in [0.1, 0.15) is 6.42 Å². The Labute approximate surface area is 75.5 Å². The Morgan fingerprint density at radius 3 is 2.33 bits per heavy atom. The van der Waals surface area contributed by atoms with Gasteiger partial charge < -0.3 is 5.32 Å². The summed E-state index contributed by atoms with van der Waals surface area (Å²) < 4.78 is 36.1. The number of nitrogens with one attached hydrogen (secondary N) is 1. The summed E-state index contributed by atoms with van der Waals surface area (Å²) in [5.74, 6) is 0. The van der Waals surface area contributed by atoms with Crippen LogP contribution in [-0.4, -0.2) is 37.4 Å². The molecule has 0 aromatic heterocycles. The van der Waals surface area contributed by atoms with Crippen LogP contribution in [0.4, 0.5) is 13.2 Å². The number of nitrogens with zero attached hydrogens (tertiary/aromatic N) is 1. The molecule has 1 heterocycles. The zero-order valence-electron chi connectivity index (χ0n) is 6.52. The van der Waals surface area contributed by atoms with Gasteiger partial charge in [-0.25, -0.2) is 4.90 Å². The zero-order valence-corrected chi connectivity index (χ0v) is 7.34.